The third-order valence-corrected chi connectivity index (χ3v) is 4.36. The molecule has 0 aliphatic carbocycles. The largest absolute Gasteiger partial charge is 0.381 e. The summed E-state index contributed by atoms with van der Waals surface area (Å²) in [6.45, 7) is 6.48. The summed E-state index contributed by atoms with van der Waals surface area (Å²) in [5, 5.41) is 0. The number of hydrogen-bond acceptors (Lipinski definition) is 5. The first-order chi connectivity index (χ1) is 10.2. The minimum atomic E-state index is 0.153. The van der Waals surface area contributed by atoms with Crippen molar-refractivity contribution in [3.63, 3.8) is 0 Å². The van der Waals surface area contributed by atoms with Gasteiger partial charge in [-0.05, 0) is 12.8 Å². The van der Waals surface area contributed by atoms with Gasteiger partial charge >= 0.3 is 0 Å². The van der Waals surface area contributed by atoms with Gasteiger partial charge in [-0.25, -0.2) is 9.97 Å². The molecule has 2 aliphatic heterocycles. The molecule has 1 aromatic heterocycles. The van der Waals surface area contributed by atoms with Gasteiger partial charge in [0.2, 0.25) is 5.91 Å². The molecule has 0 spiro atoms. The molecule has 0 N–H and O–H groups in total. The fourth-order valence-corrected chi connectivity index (χ4v) is 3.00. The van der Waals surface area contributed by atoms with Crippen molar-refractivity contribution in [1.82, 2.24) is 14.9 Å². The van der Waals surface area contributed by atoms with Crippen LogP contribution in [0.4, 0.5) is 5.82 Å². The number of amides is 1. The zero-order valence-electron chi connectivity index (χ0n) is 12.5. The summed E-state index contributed by atoms with van der Waals surface area (Å²) in [4.78, 5) is 24.3. The average molecular weight is 290 g/mol. The van der Waals surface area contributed by atoms with E-state index >= 15 is 0 Å². The van der Waals surface area contributed by atoms with Crippen LogP contribution in [0.1, 0.15) is 31.4 Å². The number of carbonyl (C=O) groups excluding carboxylic acids is 1. The van der Waals surface area contributed by atoms with Gasteiger partial charge in [0, 0.05) is 64.0 Å². The average Bonchev–Trinajstić information content (AvgIpc) is 2.56. The minimum absolute atomic E-state index is 0.153. The van der Waals surface area contributed by atoms with Crippen LogP contribution >= 0.6 is 0 Å². The lowest BCUT2D eigenvalue weighted by Gasteiger charge is -2.35. The van der Waals surface area contributed by atoms with Crippen LogP contribution in [0, 0.1) is 0 Å². The molecule has 0 saturated carbocycles. The van der Waals surface area contributed by atoms with E-state index in [1.165, 1.54) is 0 Å². The molecule has 0 bridgehead atoms. The van der Waals surface area contributed by atoms with Crippen molar-refractivity contribution >= 4 is 11.7 Å². The Kier molecular flexibility index (Phi) is 4.34. The molecule has 0 unspecified atom stereocenters. The highest BCUT2D eigenvalue weighted by atomic mass is 16.5. The van der Waals surface area contributed by atoms with Gasteiger partial charge < -0.3 is 14.5 Å². The first-order valence-electron chi connectivity index (χ1n) is 7.64. The summed E-state index contributed by atoms with van der Waals surface area (Å²) in [7, 11) is 0. The predicted molar refractivity (Wildman–Crippen MR) is 79.3 cm³/mol. The number of aromatic nitrogens is 2. The maximum absolute atomic E-state index is 11.4. The molecule has 1 amide bonds. The normalized spacial score (nSPS) is 20.6. The number of anilines is 1. The molecule has 2 saturated heterocycles. The Morgan fingerprint density at radius 1 is 1.19 bits per heavy atom. The molecule has 6 nitrogen and oxygen atoms in total. The highest BCUT2D eigenvalue weighted by Crippen LogP contribution is 2.27. The molecular formula is C15H22N4O2. The molecule has 114 valence electrons. The Morgan fingerprint density at radius 3 is 2.57 bits per heavy atom. The minimum Gasteiger partial charge on any atom is -0.381 e. The topological polar surface area (TPSA) is 58.6 Å². The van der Waals surface area contributed by atoms with Gasteiger partial charge in [0.1, 0.15) is 12.1 Å². The van der Waals surface area contributed by atoms with Crippen molar-refractivity contribution in [2.45, 2.75) is 25.7 Å². The van der Waals surface area contributed by atoms with Gasteiger partial charge in [-0.2, -0.15) is 0 Å². The fraction of sp³-hybridized carbons (Fsp3) is 0.667. The number of nitrogens with zero attached hydrogens (tertiary/aromatic N) is 4. The molecule has 3 heterocycles. The van der Waals surface area contributed by atoms with Crippen LogP contribution in [-0.2, 0) is 9.53 Å². The van der Waals surface area contributed by atoms with Crippen molar-refractivity contribution in [3.05, 3.63) is 18.1 Å². The molecule has 2 aliphatic rings. The predicted octanol–water partition coefficient (Wildman–Crippen LogP) is 1.04. The number of ether oxygens (including phenoxy) is 1. The summed E-state index contributed by atoms with van der Waals surface area (Å²) in [6.07, 6.45) is 3.74. The Hall–Kier alpha value is -1.69. The van der Waals surface area contributed by atoms with Gasteiger partial charge in [0.15, 0.2) is 0 Å². The van der Waals surface area contributed by atoms with Crippen molar-refractivity contribution in [2.24, 2.45) is 0 Å². The van der Waals surface area contributed by atoms with Crippen molar-refractivity contribution in [2.75, 3.05) is 44.3 Å². The monoisotopic (exact) mass is 290 g/mol. The second-order valence-corrected chi connectivity index (χ2v) is 5.68. The van der Waals surface area contributed by atoms with Crippen LogP contribution in [0.5, 0.6) is 0 Å². The van der Waals surface area contributed by atoms with Crippen LogP contribution in [0.15, 0.2) is 12.4 Å². The van der Waals surface area contributed by atoms with Crippen molar-refractivity contribution in [3.8, 4) is 0 Å². The lowest BCUT2D eigenvalue weighted by molar-refractivity contribution is -0.129. The van der Waals surface area contributed by atoms with Crippen LogP contribution in [0.3, 0.4) is 0 Å². The molecule has 1 aromatic rings. The summed E-state index contributed by atoms with van der Waals surface area (Å²) in [6, 6.07) is 2.11. The summed E-state index contributed by atoms with van der Waals surface area (Å²) < 4.78 is 5.41. The van der Waals surface area contributed by atoms with E-state index in [4.69, 9.17) is 4.74 Å². The first kappa shape index (κ1) is 14.3. The number of carbonyl (C=O) groups is 1. The third kappa shape index (κ3) is 3.32. The lowest BCUT2D eigenvalue weighted by Crippen LogP contribution is -2.48. The Bertz CT molecular complexity index is 494. The van der Waals surface area contributed by atoms with Crippen molar-refractivity contribution in [1.29, 1.82) is 0 Å². The van der Waals surface area contributed by atoms with E-state index < -0.39 is 0 Å². The van der Waals surface area contributed by atoms with E-state index in [1.54, 1.807) is 13.3 Å². The van der Waals surface area contributed by atoms with E-state index in [1.807, 2.05) is 4.90 Å². The zero-order chi connectivity index (χ0) is 14.7. The summed E-state index contributed by atoms with van der Waals surface area (Å²) in [5.74, 6) is 1.62. The van der Waals surface area contributed by atoms with Crippen LogP contribution in [0.2, 0.25) is 0 Å². The third-order valence-electron chi connectivity index (χ3n) is 4.36. The molecule has 0 atom stereocenters. The second kappa shape index (κ2) is 6.39. The molecule has 0 radical (unpaired) electrons. The molecule has 2 fully saturated rings. The lowest BCUT2D eigenvalue weighted by atomic mass is 9.96. The molecule has 6 heteroatoms. The van der Waals surface area contributed by atoms with E-state index in [9.17, 15) is 4.79 Å². The smallest absolute Gasteiger partial charge is 0.219 e. The molecule has 21 heavy (non-hydrogen) atoms. The fourth-order valence-electron chi connectivity index (χ4n) is 3.00. The SMILES string of the molecule is CC(=O)N1CCN(c2cc(C3CCOCC3)ncn2)CC1. The highest BCUT2D eigenvalue weighted by Gasteiger charge is 2.22. The number of piperazine rings is 1. The molecule has 3 rings (SSSR count). The zero-order valence-corrected chi connectivity index (χ0v) is 12.5. The van der Waals surface area contributed by atoms with Crippen LogP contribution in [-0.4, -0.2) is 60.2 Å². The second-order valence-electron chi connectivity index (χ2n) is 5.68. The van der Waals surface area contributed by atoms with E-state index in [0.29, 0.717) is 5.92 Å². The van der Waals surface area contributed by atoms with Crippen molar-refractivity contribution < 1.29 is 9.53 Å². The first-order valence-corrected chi connectivity index (χ1v) is 7.64. The van der Waals surface area contributed by atoms with E-state index in [0.717, 1.165) is 63.7 Å². The highest BCUT2D eigenvalue weighted by molar-refractivity contribution is 5.73. The Morgan fingerprint density at radius 2 is 1.90 bits per heavy atom. The van der Waals surface area contributed by atoms with Crippen LogP contribution < -0.4 is 4.90 Å². The Balaban J connectivity index is 1.67. The molecular weight excluding hydrogens is 268 g/mol. The summed E-state index contributed by atoms with van der Waals surface area (Å²) >= 11 is 0. The molecule has 0 aromatic carbocycles. The van der Waals surface area contributed by atoms with Gasteiger partial charge in [0.25, 0.3) is 0 Å². The van der Waals surface area contributed by atoms with Gasteiger partial charge in [-0.1, -0.05) is 0 Å². The standard InChI is InChI=1S/C15H22N4O2/c1-12(20)18-4-6-19(7-5-18)15-10-14(16-11-17-15)13-2-8-21-9-3-13/h10-11,13H,2-9H2,1H3. The van der Waals surface area contributed by atoms with Gasteiger partial charge in [-0.15, -0.1) is 0 Å². The summed E-state index contributed by atoms with van der Waals surface area (Å²) in [5.41, 5.74) is 1.12. The van der Waals surface area contributed by atoms with E-state index in [2.05, 4.69) is 20.9 Å². The maximum atomic E-state index is 11.4. The Labute approximate surface area is 125 Å². The quantitative estimate of drug-likeness (QED) is 0.814. The number of hydrogen-bond donors (Lipinski definition) is 0. The van der Waals surface area contributed by atoms with Gasteiger partial charge in [-0.3, -0.25) is 4.79 Å². The number of rotatable bonds is 2. The van der Waals surface area contributed by atoms with E-state index in [-0.39, 0.29) is 5.91 Å². The van der Waals surface area contributed by atoms with Crippen LogP contribution in [0.25, 0.3) is 0 Å². The van der Waals surface area contributed by atoms with Gasteiger partial charge in [0.05, 0.1) is 0 Å². The maximum Gasteiger partial charge on any atom is 0.219 e.